The molecule has 0 saturated carbocycles. The summed E-state index contributed by atoms with van der Waals surface area (Å²) in [6.07, 6.45) is -7.37. The monoisotopic (exact) mass is 630 g/mol. The second-order valence-corrected chi connectivity index (χ2v) is 11.7. The summed E-state index contributed by atoms with van der Waals surface area (Å²) in [4.78, 5) is 23.8. The van der Waals surface area contributed by atoms with Crippen LogP contribution < -0.4 is 14.8 Å². The van der Waals surface area contributed by atoms with Crippen molar-refractivity contribution in [3.63, 3.8) is 0 Å². The highest BCUT2D eigenvalue weighted by molar-refractivity contribution is 7.89. The number of para-hydroxylation sites is 1. The van der Waals surface area contributed by atoms with Gasteiger partial charge >= 0.3 is 11.9 Å². The first-order valence-corrected chi connectivity index (χ1v) is 15.3. The van der Waals surface area contributed by atoms with Crippen molar-refractivity contribution in [3.8, 4) is 11.5 Å². The van der Waals surface area contributed by atoms with Crippen molar-refractivity contribution < 1.29 is 52.6 Å². The first kappa shape index (κ1) is 32.9. The molecule has 5 atom stereocenters. The molecule has 0 bridgehead atoms. The molecule has 0 amide bonds. The number of carbonyl (C=O) groups is 2. The SMILES string of the molecule is CCCCNc1cc(C(=O)O)cc(S(=O)(=O)NC2O[C@H](COC(=O)c3ccccc3)[C@@H](O)[C@H](O)[C@H]2O)c1Oc1ccccc1. The van der Waals surface area contributed by atoms with E-state index in [4.69, 9.17) is 14.2 Å². The summed E-state index contributed by atoms with van der Waals surface area (Å²) in [5.41, 5.74) is -0.0619. The number of sulfonamides is 1. The van der Waals surface area contributed by atoms with Gasteiger partial charge in [0.2, 0.25) is 10.0 Å². The van der Waals surface area contributed by atoms with Gasteiger partial charge in [-0.15, -0.1) is 0 Å². The maximum absolute atomic E-state index is 13.8. The predicted molar refractivity (Wildman–Crippen MR) is 157 cm³/mol. The summed E-state index contributed by atoms with van der Waals surface area (Å²) >= 11 is 0. The number of unbranched alkanes of at least 4 members (excludes halogenated alkanes) is 1. The second kappa shape index (κ2) is 14.6. The number of nitrogens with one attached hydrogen (secondary N) is 2. The van der Waals surface area contributed by atoms with E-state index in [-0.39, 0.29) is 28.3 Å². The fourth-order valence-electron chi connectivity index (χ4n) is 4.39. The van der Waals surface area contributed by atoms with Gasteiger partial charge in [-0.3, -0.25) is 0 Å². The molecule has 4 rings (SSSR count). The quantitative estimate of drug-likeness (QED) is 0.119. The number of aliphatic hydroxyl groups excluding tert-OH is 3. The summed E-state index contributed by atoms with van der Waals surface area (Å²) in [6, 6.07) is 18.3. The van der Waals surface area contributed by atoms with E-state index in [0.29, 0.717) is 13.0 Å². The van der Waals surface area contributed by atoms with Gasteiger partial charge in [-0.2, -0.15) is 4.72 Å². The number of rotatable bonds is 13. The molecule has 0 radical (unpaired) electrons. The minimum absolute atomic E-state index is 0.0915. The van der Waals surface area contributed by atoms with Gasteiger partial charge in [-0.1, -0.05) is 49.7 Å². The van der Waals surface area contributed by atoms with Crippen molar-refractivity contribution in [1.29, 1.82) is 0 Å². The van der Waals surface area contributed by atoms with Crippen molar-refractivity contribution >= 4 is 27.6 Å². The number of aliphatic hydroxyl groups is 3. The molecule has 3 aromatic rings. The van der Waals surface area contributed by atoms with Gasteiger partial charge in [0.25, 0.3) is 0 Å². The Kier molecular flexibility index (Phi) is 10.9. The zero-order chi connectivity index (χ0) is 31.9. The summed E-state index contributed by atoms with van der Waals surface area (Å²) in [5.74, 6) is -2.11. The molecule has 1 unspecified atom stereocenters. The lowest BCUT2D eigenvalue weighted by molar-refractivity contribution is -0.231. The molecule has 13 nitrogen and oxygen atoms in total. The van der Waals surface area contributed by atoms with E-state index in [2.05, 4.69) is 10.0 Å². The zero-order valence-electron chi connectivity index (χ0n) is 23.7. The molecule has 1 aliphatic heterocycles. The van der Waals surface area contributed by atoms with Crippen molar-refractivity contribution in [3.05, 3.63) is 83.9 Å². The lowest BCUT2D eigenvalue weighted by Gasteiger charge is -2.40. The number of anilines is 1. The van der Waals surface area contributed by atoms with Crippen LogP contribution in [0.2, 0.25) is 0 Å². The number of esters is 1. The molecule has 0 aliphatic carbocycles. The van der Waals surface area contributed by atoms with E-state index in [0.717, 1.165) is 12.5 Å². The fourth-order valence-corrected chi connectivity index (χ4v) is 5.69. The number of carboxylic acid groups (broad SMARTS) is 1. The van der Waals surface area contributed by atoms with E-state index in [1.165, 1.54) is 18.2 Å². The summed E-state index contributed by atoms with van der Waals surface area (Å²) < 4.78 is 46.5. The van der Waals surface area contributed by atoms with Crippen LogP contribution in [-0.2, 0) is 19.5 Å². The first-order chi connectivity index (χ1) is 21.0. The van der Waals surface area contributed by atoms with Gasteiger partial charge in [0.1, 0.15) is 41.7 Å². The normalized spacial score (nSPS) is 21.8. The molecule has 0 spiro atoms. The number of carbonyl (C=O) groups excluding carboxylic acids is 1. The molecule has 236 valence electrons. The molecule has 0 aromatic heterocycles. The largest absolute Gasteiger partial charge is 0.478 e. The van der Waals surface area contributed by atoms with Crippen LogP contribution in [0.4, 0.5) is 5.69 Å². The maximum atomic E-state index is 13.8. The summed E-state index contributed by atoms with van der Waals surface area (Å²) in [5, 5.41) is 44.4. The first-order valence-electron chi connectivity index (χ1n) is 13.8. The molecule has 14 heteroatoms. The average molecular weight is 631 g/mol. The summed E-state index contributed by atoms with van der Waals surface area (Å²) in [7, 11) is -4.76. The van der Waals surface area contributed by atoms with Crippen molar-refractivity contribution in [2.75, 3.05) is 18.5 Å². The Labute approximate surface area is 254 Å². The van der Waals surface area contributed by atoms with Crippen LogP contribution in [0.1, 0.15) is 40.5 Å². The zero-order valence-corrected chi connectivity index (χ0v) is 24.5. The highest BCUT2D eigenvalue weighted by atomic mass is 32.2. The molecule has 1 saturated heterocycles. The van der Waals surface area contributed by atoms with Crippen LogP contribution in [-0.4, -0.2) is 84.6 Å². The molecule has 44 heavy (non-hydrogen) atoms. The molecular formula is C30H34N2O11S. The average Bonchev–Trinajstić information content (AvgIpc) is 3.02. The smallest absolute Gasteiger partial charge is 0.338 e. The minimum Gasteiger partial charge on any atom is -0.478 e. The van der Waals surface area contributed by atoms with Crippen LogP contribution in [0.25, 0.3) is 0 Å². The molecule has 6 N–H and O–H groups in total. The predicted octanol–water partition coefficient (Wildman–Crippen LogP) is 2.33. The molecule has 3 aromatic carbocycles. The Morgan fingerprint density at radius 2 is 1.57 bits per heavy atom. The third-order valence-electron chi connectivity index (χ3n) is 6.77. The van der Waals surface area contributed by atoms with Crippen LogP contribution >= 0.6 is 0 Å². The Morgan fingerprint density at radius 3 is 2.20 bits per heavy atom. The standard InChI is InChI=1S/C30H34N2O11S/c1-2-3-14-31-21-15-19(29(36)37)16-23(27(21)42-20-12-8-5-9-13-20)44(39,40)32-28-26(35)25(34)24(33)22(43-28)17-41-30(38)18-10-6-4-7-11-18/h4-13,15-16,22,24-26,28,31-35H,2-3,14,17H2,1H3,(H,36,37)/t22-,24-,25+,26-,28?/m1/s1. The van der Waals surface area contributed by atoms with Gasteiger partial charge in [0, 0.05) is 6.54 Å². The molecule has 1 heterocycles. The van der Waals surface area contributed by atoms with Gasteiger partial charge < -0.3 is 40.0 Å². The Balaban J connectivity index is 1.65. The molecule has 1 fully saturated rings. The van der Waals surface area contributed by atoms with Crippen LogP contribution in [0.5, 0.6) is 11.5 Å². The maximum Gasteiger partial charge on any atom is 0.338 e. The van der Waals surface area contributed by atoms with E-state index >= 15 is 0 Å². The number of ether oxygens (including phenoxy) is 3. The molecule has 1 aliphatic rings. The van der Waals surface area contributed by atoms with E-state index in [1.807, 2.05) is 6.92 Å². The van der Waals surface area contributed by atoms with E-state index in [1.54, 1.807) is 48.5 Å². The fraction of sp³-hybridized carbons (Fsp3) is 0.333. The van der Waals surface area contributed by atoms with Crippen LogP contribution in [0, 0.1) is 0 Å². The highest BCUT2D eigenvalue weighted by Gasteiger charge is 2.46. The van der Waals surface area contributed by atoms with E-state index < -0.39 is 64.1 Å². The van der Waals surface area contributed by atoms with Crippen molar-refractivity contribution in [2.24, 2.45) is 0 Å². The lowest BCUT2D eigenvalue weighted by Crippen LogP contribution is -2.63. The highest BCUT2D eigenvalue weighted by Crippen LogP contribution is 2.38. The van der Waals surface area contributed by atoms with Crippen LogP contribution in [0.15, 0.2) is 77.7 Å². The topological polar surface area (TPSA) is 201 Å². The van der Waals surface area contributed by atoms with Gasteiger partial charge in [-0.05, 0) is 42.8 Å². The number of hydrogen-bond donors (Lipinski definition) is 6. The van der Waals surface area contributed by atoms with E-state index in [9.17, 15) is 38.4 Å². The number of aromatic carboxylic acids is 1. The number of hydrogen-bond acceptors (Lipinski definition) is 11. The summed E-state index contributed by atoms with van der Waals surface area (Å²) in [6.45, 7) is 1.75. The van der Waals surface area contributed by atoms with Gasteiger partial charge in [0.15, 0.2) is 12.0 Å². The van der Waals surface area contributed by atoms with Crippen LogP contribution in [0.3, 0.4) is 0 Å². The third kappa shape index (κ3) is 7.91. The minimum atomic E-state index is -4.76. The van der Waals surface area contributed by atoms with Gasteiger partial charge in [0.05, 0.1) is 16.8 Å². The number of carboxylic acids is 1. The Bertz CT molecular complexity index is 1540. The Hall–Kier alpha value is -4.05. The third-order valence-corrected chi connectivity index (χ3v) is 8.20. The van der Waals surface area contributed by atoms with Gasteiger partial charge in [-0.25, -0.2) is 18.0 Å². The van der Waals surface area contributed by atoms with Crippen molar-refractivity contribution in [1.82, 2.24) is 4.72 Å². The molecular weight excluding hydrogens is 596 g/mol. The number of benzene rings is 3. The Morgan fingerprint density at radius 1 is 0.909 bits per heavy atom. The van der Waals surface area contributed by atoms with Crippen molar-refractivity contribution in [2.45, 2.75) is 55.3 Å². The lowest BCUT2D eigenvalue weighted by atomic mass is 9.99. The second-order valence-electron chi connectivity index (χ2n) is 10.0.